The van der Waals surface area contributed by atoms with Gasteiger partial charge in [0.2, 0.25) is 11.8 Å². The second kappa shape index (κ2) is 4.14. The van der Waals surface area contributed by atoms with E-state index in [4.69, 9.17) is 0 Å². The molecule has 1 aromatic rings. The number of amides is 2. The van der Waals surface area contributed by atoms with Gasteiger partial charge in [-0.05, 0) is 17.9 Å². The Morgan fingerprint density at radius 3 is 3.24 bits per heavy atom. The van der Waals surface area contributed by atoms with Crippen molar-refractivity contribution in [3.8, 4) is 0 Å². The summed E-state index contributed by atoms with van der Waals surface area (Å²) in [6.45, 7) is 0.778. The molecular weight excluding hydrogens is 236 g/mol. The molecule has 2 aliphatic heterocycles. The maximum Gasteiger partial charge on any atom is 0.228 e. The minimum Gasteiger partial charge on any atom is -0.351 e. The van der Waals surface area contributed by atoms with Gasteiger partial charge in [-0.3, -0.25) is 9.59 Å². The zero-order chi connectivity index (χ0) is 11.8. The Morgan fingerprint density at radius 2 is 2.47 bits per heavy atom. The molecule has 1 aromatic heterocycles. The van der Waals surface area contributed by atoms with Crippen molar-refractivity contribution in [2.24, 2.45) is 0 Å². The molecule has 2 fully saturated rings. The maximum atomic E-state index is 12.2. The lowest BCUT2D eigenvalue weighted by molar-refractivity contribution is -0.131. The lowest BCUT2D eigenvalue weighted by atomic mass is 10.1. The van der Waals surface area contributed by atoms with Crippen molar-refractivity contribution in [3.63, 3.8) is 0 Å². The largest absolute Gasteiger partial charge is 0.351 e. The summed E-state index contributed by atoms with van der Waals surface area (Å²) in [6.07, 6.45) is 1.84. The Morgan fingerprint density at radius 1 is 1.59 bits per heavy atom. The van der Waals surface area contributed by atoms with Crippen LogP contribution in [0.2, 0.25) is 0 Å². The van der Waals surface area contributed by atoms with Gasteiger partial charge in [0.1, 0.15) is 0 Å². The van der Waals surface area contributed by atoms with Gasteiger partial charge in [0, 0.05) is 17.8 Å². The average molecular weight is 250 g/mol. The number of hydrogen-bond donors (Lipinski definition) is 1. The quantitative estimate of drug-likeness (QED) is 0.843. The van der Waals surface area contributed by atoms with Gasteiger partial charge in [-0.2, -0.15) is 0 Å². The number of rotatable bonds is 2. The summed E-state index contributed by atoms with van der Waals surface area (Å²) in [5.41, 5.74) is 0. The van der Waals surface area contributed by atoms with Crippen LogP contribution in [-0.4, -0.2) is 35.3 Å². The number of nitrogens with zero attached hydrogens (tertiary/aromatic N) is 1. The molecule has 17 heavy (non-hydrogen) atoms. The summed E-state index contributed by atoms with van der Waals surface area (Å²) in [5, 5.41) is 4.91. The van der Waals surface area contributed by atoms with Crippen molar-refractivity contribution in [1.82, 2.24) is 10.2 Å². The van der Waals surface area contributed by atoms with Crippen molar-refractivity contribution < 1.29 is 9.59 Å². The average Bonchev–Trinajstić information content (AvgIpc) is 2.93. The molecule has 4 nitrogen and oxygen atoms in total. The van der Waals surface area contributed by atoms with E-state index in [2.05, 4.69) is 5.32 Å². The van der Waals surface area contributed by atoms with Crippen LogP contribution in [0.15, 0.2) is 17.5 Å². The molecule has 0 aromatic carbocycles. The maximum absolute atomic E-state index is 12.2. The Hall–Kier alpha value is -1.36. The zero-order valence-corrected chi connectivity index (χ0v) is 10.2. The van der Waals surface area contributed by atoms with E-state index in [1.165, 1.54) is 0 Å². The molecule has 1 N–H and O–H groups in total. The highest BCUT2D eigenvalue weighted by Gasteiger charge is 2.43. The van der Waals surface area contributed by atoms with Gasteiger partial charge < -0.3 is 10.2 Å². The summed E-state index contributed by atoms with van der Waals surface area (Å²) >= 11 is 1.61. The van der Waals surface area contributed by atoms with Crippen molar-refractivity contribution in [1.29, 1.82) is 0 Å². The van der Waals surface area contributed by atoms with Crippen LogP contribution < -0.4 is 5.32 Å². The topological polar surface area (TPSA) is 49.4 Å². The molecule has 2 amide bonds. The molecule has 0 radical (unpaired) electrons. The number of carbonyl (C=O) groups is 2. The van der Waals surface area contributed by atoms with Crippen LogP contribution in [0.1, 0.15) is 17.7 Å². The predicted octanol–water partition coefficient (Wildman–Crippen LogP) is 0.780. The van der Waals surface area contributed by atoms with Gasteiger partial charge in [0.05, 0.1) is 18.5 Å². The Labute approximate surface area is 104 Å². The fourth-order valence-electron chi connectivity index (χ4n) is 2.70. The van der Waals surface area contributed by atoms with E-state index < -0.39 is 0 Å². The van der Waals surface area contributed by atoms with Crippen molar-refractivity contribution in [2.45, 2.75) is 31.3 Å². The molecule has 90 valence electrons. The van der Waals surface area contributed by atoms with E-state index in [-0.39, 0.29) is 23.9 Å². The molecule has 2 aliphatic rings. The minimum atomic E-state index is 0.0774. The van der Waals surface area contributed by atoms with Crippen LogP contribution in [0.5, 0.6) is 0 Å². The number of likely N-dealkylation sites (tertiary alicyclic amines) is 1. The minimum absolute atomic E-state index is 0.0774. The van der Waals surface area contributed by atoms with E-state index in [9.17, 15) is 9.59 Å². The molecule has 5 heteroatoms. The molecule has 3 heterocycles. The highest BCUT2D eigenvalue weighted by Crippen LogP contribution is 2.26. The number of nitrogens with one attached hydrogen (secondary N) is 1. The first kappa shape index (κ1) is 10.8. The second-order valence-electron chi connectivity index (χ2n) is 4.58. The monoisotopic (exact) mass is 250 g/mol. The fraction of sp³-hybridized carbons (Fsp3) is 0.500. The van der Waals surface area contributed by atoms with E-state index in [1.54, 1.807) is 11.3 Å². The number of fused-ring (bicyclic) bond motifs is 1. The van der Waals surface area contributed by atoms with E-state index in [0.29, 0.717) is 12.8 Å². The fourth-order valence-corrected chi connectivity index (χ4v) is 3.40. The summed E-state index contributed by atoms with van der Waals surface area (Å²) in [5.74, 6) is 0.227. The zero-order valence-electron chi connectivity index (χ0n) is 9.39. The van der Waals surface area contributed by atoms with Gasteiger partial charge >= 0.3 is 0 Å². The van der Waals surface area contributed by atoms with Crippen molar-refractivity contribution in [3.05, 3.63) is 22.4 Å². The van der Waals surface area contributed by atoms with Crippen LogP contribution in [0, 0.1) is 0 Å². The summed E-state index contributed by atoms with van der Waals surface area (Å²) in [6, 6.07) is 4.22. The Kier molecular flexibility index (Phi) is 2.63. The summed E-state index contributed by atoms with van der Waals surface area (Å²) in [7, 11) is 0. The van der Waals surface area contributed by atoms with Crippen LogP contribution in [0.3, 0.4) is 0 Å². The van der Waals surface area contributed by atoms with Crippen LogP contribution in [0.4, 0.5) is 0 Å². The molecule has 2 unspecified atom stereocenters. The van der Waals surface area contributed by atoms with E-state index in [0.717, 1.165) is 17.8 Å². The Bertz CT molecular complexity index is 443. The first-order chi connectivity index (χ1) is 8.24. The first-order valence-electron chi connectivity index (χ1n) is 5.85. The third-order valence-electron chi connectivity index (χ3n) is 3.51. The van der Waals surface area contributed by atoms with Crippen LogP contribution in [0.25, 0.3) is 0 Å². The molecule has 0 saturated carbocycles. The predicted molar refractivity (Wildman–Crippen MR) is 64.7 cm³/mol. The van der Waals surface area contributed by atoms with Crippen LogP contribution in [-0.2, 0) is 16.0 Å². The number of carbonyl (C=O) groups excluding carboxylic acids is 2. The molecule has 0 spiro atoms. The molecule has 0 bridgehead atoms. The van der Waals surface area contributed by atoms with Crippen molar-refractivity contribution in [2.75, 3.05) is 6.54 Å². The highest BCUT2D eigenvalue weighted by molar-refractivity contribution is 7.10. The van der Waals surface area contributed by atoms with Gasteiger partial charge in [0.25, 0.3) is 0 Å². The van der Waals surface area contributed by atoms with Gasteiger partial charge in [0.15, 0.2) is 0 Å². The smallest absolute Gasteiger partial charge is 0.228 e. The van der Waals surface area contributed by atoms with E-state index in [1.807, 2.05) is 22.4 Å². The lowest BCUT2D eigenvalue weighted by Gasteiger charge is -2.22. The number of hydrogen-bond acceptors (Lipinski definition) is 3. The van der Waals surface area contributed by atoms with Crippen molar-refractivity contribution >= 4 is 23.2 Å². The summed E-state index contributed by atoms with van der Waals surface area (Å²) < 4.78 is 0. The molecule has 2 saturated heterocycles. The lowest BCUT2D eigenvalue weighted by Crippen LogP contribution is -2.39. The molecule has 0 aliphatic carbocycles. The molecule has 2 atom stereocenters. The molecular formula is C12H14N2O2S. The van der Waals surface area contributed by atoms with E-state index >= 15 is 0 Å². The van der Waals surface area contributed by atoms with Crippen LogP contribution >= 0.6 is 11.3 Å². The number of thiophene rings is 1. The Balaban J connectivity index is 1.68. The highest BCUT2D eigenvalue weighted by atomic mass is 32.1. The molecule has 3 rings (SSSR count). The third kappa shape index (κ3) is 1.95. The van der Waals surface area contributed by atoms with Gasteiger partial charge in [-0.1, -0.05) is 6.07 Å². The van der Waals surface area contributed by atoms with Gasteiger partial charge in [-0.25, -0.2) is 0 Å². The standard InChI is InChI=1S/C12H14N2O2S/c15-11-7-10-9(13-11)3-4-14(10)12(16)6-8-2-1-5-17-8/h1-2,5,9-10H,3-4,6-7H2,(H,13,15). The SMILES string of the molecule is O=C1CC2C(CCN2C(=O)Cc2cccs2)N1. The summed E-state index contributed by atoms with van der Waals surface area (Å²) in [4.78, 5) is 26.4. The third-order valence-corrected chi connectivity index (χ3v) is 4.39. The first-order valence-corrected chi connectivity index (χ1v) is 6.73. The second-order valence-corrected chi connectivity index (χ2v) is 5.61. The normalized spacial score (nSPS) is 27.1. The van der Waals surface area contributed by atoms with Gasteiger partial charge in [-0.15, -0.1) is 11.3 Å².